The second kappa shape index (κ2) is 5.27. The Bertz CT molecular complexity index is 476. The number of halogens is 5. The van der Waals surface area contributed by atoms with Crippen molar-refractivity contribution in [3.63, 3.8) is 0 Å². The van der Waals surface area contributed by atoms with Crippen LogP contribution in [0.4, 0.5) is 22.0 Å². The summed E-state index contributed by atoms with van der Waals surface area (Å²) in [6.45, 7) is -0.589. The SMILES string of the molecule is N#CCc1c(C(F)F)ncc(C(F)(F)F)c1CN. The summed E-state index contributed by atoms with van der Waals surface area (Å²) in [5.41, 5.74) is 2.21. The van der Waals surface area contributed by atoms with Crippen molar-refractivity contribution >= 4 is 0 Å². The number of nitrogens with two attached hydrogens (primary N) is 1. The molecule has 1 rings (SSSR count). The van der Waals surface area contributed by atoms with Crippen molar-refractivity contribution in [2.24, 2.45) is 5.73 Å². The van der Waals surface area contributed by atoms with E-state index in [4.69, 9.17) is 11.0 Å². The standard InChI is InChI=1S/C10H8F5N3/c11-9(12)8-5(1-2-16)6(3-17)7(4-18-8)10(13,14)15/h4,9H,1,3,17H2. The van der Waals surface area contributed by atoms with E-state index in [1.807, 2.05) is 0 Å². The number of aromatic nitrogens is 1. The van der Waals surface area contributed by atoms with Gasteiger partial charge in [-0.25, -0.2) is 8.78 Å². The molecule has 0 unspecified atom stereocenters. The van der Waals surface area contributed by atoms with Crippen LogP contribution >= 0.6 is 0 Å². The molecule has 0 aliphatic carbocycles. The van der Waals surface area contributed by atoms with Crippen molar-refractivity contribution < 1.29 is 22.0 Å². The van der Waals surface area contributed by atoms with Crippen LogP contribution < -0.4 is 5.73 Å². The predicted molar refractivity (Wildman–Crippen MR) is 51.4 cm³/mol. The summed E-state index contributed by atoms with van der Waals surface area (Å²) in [7, 11) is 0. The van der Waals surface area contributed by atoms with E-state index in [2.05, 4.69) is 4.98 Å². The van der Waals surface area contributed by atoms with Crippen LogP contribution in [0, 0.1) is 11.3 Å². The molecule has 0 bridgehead atoms. The Kier molecular flexibility index (Phi) is 4.19. The number of hydrogen-bond donors (Lipinski definition) is 1. The number of alkyl halides is 5. The molecule has 0 saturated heterocycles. The lowest BCUT2D eigenvalue weighted by Crippen LogP contribution is -2.17. The molecule has 0 atom stereocenters. The molecule has 98 valence electrons. The largest absolute Gasteiger partial charge is 0.418 e. The van der Waals surface area contributed by atoms with Crippen molar-refractivity contribution in [2.45, 2.75) is 25.6 Å². The van der Waals surface area contributed by atoms with E-state index < -0.39 is 48.0 Å². The van der Waals surface area contributed by atoms with Crippen LogP contribution in [0.15, 0.2) is 6.20 Å². The van der Waals surface area contributed by atoms with Gasteiger partial charge >= 0.3 is 6.18 Å². The van der Waals surface area contributed by atoms with Crippen LogP contribution in [0.2, 0.25) is 0 Å². The lowest BCUT2D eigenvalue weighted by molar-refractivity contribution is -0.138. The first kappa shape index (κ1) is 14.3. The molecular formula is C10H8F5N3. The Labute approximate surface area is 99.0 Å². The Morgan fingerprint density at radius 3 is 2.33 bits per heavy atom. The van der Waals surface area contributed by atoms with Gasteiger partial charge in [-0.1, -0.05) is 0 Å². The molecule has 3 nitrogen and oxygen atoms in total. The summed E-state index contributed by atoms with van der Waals surface area (Å²) in [5, 5.41) is 8.49. The summed E-state index contributed by atoms with van der Waals surface area (Å²) in [4.78, 5) is 3.10. The van der Waals surface area contributed by atoms with E-state index in [0.29, 0.717) is 6.20 Å². The Morgan fingerprint density at radius 1 is 1.33 bits per heavy atom. The van der Waals surface area contributed by atoms with Crippen LogP contribution in [0.25, 0.3) is 0 Å². The van der Waals surface area contributed by atoms with Crippen LogP contribution in [-0.4, -0.2) is 4.98 Å². The van der Waals surface area contributed by atoms with E-state index >= 15 is 0 Å². The highest BCUT2D eigenvalue weighted by Gasteiger charge is 2.36. The maximum absolute atomic E-state index is 12.6. The molecule has 0 radical (unpaired) electrons. The minimum absolute atomic E-state index is 0.324. The van der Waals surface area contributed by atoms with Gasteiger partial charge in [-0.2, -0.15) is 18.4 Å². The van der Waals surface area contributed by atoms with E-state index in [9.17, 15) is 22.0 Å². The molecule has 0 aliphatic rings. The third-order valence-electron chi connectivity index (χ3n) is 2.30. The number of rotatable bonds is 3. The summed E-state index contributed by atoms with van der Waals surface area (Å²) in [5.74, 6) is 0. The highest BCUT2D eigenvalue weighted by molar-refractivity contribution is 5.40. The summed E-state index contributed by atoms with van der Waals surface area (Å²) in [6, 6.07) is 1.54. The molecule has 0 amide bonds. The van der Waals surface area contributed by atoms with Gasteiger partial charge in [-0.05, 0) is 11.1 Å². The molecule has 2 N–H and O–H groups in total. The molecule has 8 heteroatoms. The van der Waals surface area contributed by atoms with E-state index in [1.54, 1.807) is 0 Å². The van der Waals surface area contributed by atoms with Crippen LogP contribution in [0.5, 0.6) is 0 Å². The molecular weight excluding hydrogens is 257 g/mol. The van der Waals surface area contributed by atoms with Gasteiger partial charge in [0.25, 0.3) is 6.43 Å². The lowest BCUT2D eigenvalue weighted by Gasteiger charge is -2.16. The normalized spacial score (nSPS) is 11.7. The molecule has 0 aliphatic heterocycles. The van der Waals surface area contributed by atoms with E-state index in [1.165, 1.54) is 6.07 Å². The molecule has 0 fully saturated rings. The fourth-order valence-electron chi connectivity index (χ4n) is 1.55. The fourth-order valence-corrected chi connectivity index (χ4v) is 1.55. The Balaban J connectivity index is 3.54. The zero-order valence-electron chi connectivity index (χ0n) is 8.93. The van der Waals surface area contributed by atoms with Gasteiger partial charge in [0.2, 0.25) is 0 Å². The Hall–Kier alpha value is -1.75. The first-order chi connectivity index (χ1) is 8.32. The van der Waals surface area contributed by atoms with Gasteiger partial charge in [-0.15, -0.1) is 0 Å². The van der Waals surface area contributed by atoms with Gasteiger partial charge in [0, 0.05) is 12.7 Å². The summed E-state index contributed by atoms with van der Waals surface area (Å²) >= 11 is 0. The van der Waals surface area contributed by atoms with E-state index in [-0.39, 0.29) is 0 Å². The van der Waals surface area contributed by atoms with Gasteiger partial charge in [0.1, 0.15) is 5.69 Å². The second-order valence-electron chi connectivity index (χ2n) is 3.35. The predicted octanol–water partition coefficient (Wildman–Crippen LogP) is 2.56. The van der Waals surface area contributed by atoms with Crippen LogP contribution in [-0.2, 0) is 19.1 Å². The molecule has 1 aromatic rings. The minimum atomic E-state index is -4.74. The first-order valence-corrected chi connectivity index (χ1v) is 4.76. The topological polar surface area (TPSA) is 62.7 Å². The second-order valence-corrected chi connectivity index (χ2v) is 3.35. The highest BCUT2D eigenvalue weighted by Crippen LogP contribution is 2.35. The molecule has 1 aromatic heterocycles. The quantitative estimate of drug-likeness (QED) is 0.854. The summed E-state index contributed by atoms with van der Waals surface area (Å²) in [6.07, 6.45) is -8.07. The number of hydrogen-bond acceptors (Lipinski definition) is 3. The monoisotopic (exact) mass is 265 g/mol. The van der Waals surface area contributed by atoms with Crippen LogP contribution in [0.1, 0.15) is 28.8 Å². The number of nitrogens with zero attached hydrogens (tertiary/aromatic N) is 2. The fraction of sp³-hybridized carbons (Fsp3) is 0.400. The van der Waals surface area contributed by atoms with Crippen molar-refractivity contribution in [1.29, 1.82) is 5.26 Å². The minimum Gasteiger partial charge on any atom is -0.326 e. The average molecular weight is 265 g/mol. The van der Waals surface area contributed by atoms with Crippen molar-refractivity contribution in [3.05, 3.63) is 28.6 Å². The smallest absolute Gasteiger partial charge is 0.326 e. The Morgan fingerprint density at radius 2 is 1.94 bits per heavy atom. The first-order valence-electron chi connectivity index (χ1n) is 4.76. The third kappa shape index (κ3) is 2.73. The zero-order chi connectivity index (χ0) is 13.9. The summed E-state index contributed by atoms with van der Waals surface area (Å²) < 4.78 is 63.1. The van der Waals surface area contributed by atoms with Gasteiger partial charge < -0.3 is 5.73 Å². The maximum atomic E-state index is 12.6. The van der Waals surface area contributed by atoms with Gasteiger partial charge in [0.05, 0.1) is 18.1 Å². The van der Waals surface area contributed by atoms with Crippen molar-refractivity contribution in [1.82, 2.24) is 4.98 Å². The molecule has 1 heterocycles. The number of nitriles is 1. The van der Waals surface area contributed by atoms with Gasteiger partial charge in [-0.3, -0.25) is 4.98 Å². The number of pyridine rings is 1. The molecule has 18 heavy (non-hydrogen) atoms. The van der Waals surface area contributed by atoms with Crippen molar-refractivity contribution in [2.75, 3.05) is 0 Å². The maximum Gasteiger partial charge on any atom is 0.418 e. The van der Waals surface area contributed by atoms with Crippen molar-refractivity contribution in [3.8, 4) is 6.07 Å². The molecule has 0 saturated carbocycles. The van der Waals surface area contributed by atoms with Crippen LogP contribution in [0.3, 0.4) is 0 Å². The molecule has 0 aromatic carbocycles. The lowest BCUT2D eigenvalue weighted by atomic mass is 9.98. The zero-order valence-corrected chi connectivity index (χ0v) is 8.93. The average Bonchev–Trinajstić information content (AvgIpc) is 2.27. The van der Waals surface area contributed by atoms with Gasteiger partial charge in [0.15, 0.2) is 0 Å². The highest BCUT2D eigenvalue weighted by atomic mass is 19.4. The molecule has 0 spiro atoms. The van der Waals surface area contributed by atoms with E-state index in [0.717, 1.165) is 0 Å². The third-order valence-corrected chi connectivity index (χ3v) is 2.30.